The van der Waals surface area contributed by atoms with Crippen LogP contribution in [-0.2, 0) is 9.53 Å². The lowest BCUT2D eigenvalue weighted by molar-refractivity contribution is -0.125. The smallest absolute Gasteiger partial charge is 0.224 e. The summed E-state index contributed by atoms with van der Waals surface area (Å²) in [4.78, 5) is 14.4. The van der Waals surface area contributed by atoms with Crippen molar-refractivity contribution < 1.29 is 9.53 Å². The molecule has 0 radical (unpaired) electrons. The zero-order valence-electron chi connectivity index (χ0n) is 13.5. The highest BCUT2D eigenvalue weighted by Gasteiger charge is 2.25. The van der Waals surface area contributed by atoms with Crippen LogP contribution in [0.4, 0.5) is 0 Å². The summed E-state index contributed by atoms with van der Waals surface area (Å²) < 4.78 is 5.38. The van der Waals surface area contributed by atoms with Crippen molar-refractivity contribution in [3.8, 4) is 0 Å². The van der Waals surface area contributed by atoms with Crippen molar-refractivity contribution in [2.45, 2.75) is 39.8 Å². The number of nitrogens with zero attached hydrogens (tertiary/aromatic N) is 1. The number of ether oxygens (including phenoxy) is 1. The Bertz CT molecular complexity index is 285. The zero-order chi connectivity index (χ0) is 14.4. The minimum atomic E-state index is -0.141. The van der Waals surface area contributed by atoms with Crippen molar-refractivity contribution in [1.82, 2.24) is 10.2 Å². The highest BCUT2D eigenvalue weighted by Crippen LogP contribution is 2.12. The molecule has 0 saturated carbocycles. The predicted molar refractivity (Wildman–Crippen MR) is 91.3 cm³/mol. The average molecular weight is 344 g/mol. The molecule has 0 bridgehead atoms. The van der Waals surface area contributed by atoms with Crippen LogP contribution in [0.3, 0.4) is 0 Å². The van der Waals surface area contributed by atoms with Crippen LogP contribution in [0.2, 0.25) is 0 Å². The lowest BCUT2D eigenvalue weighted by Crippen LogP contribution is -2.52. The third-order valence-electron chi connectivity index (χ3n) is 3.97. The van der Waals surface area contributed by atoms with E-state index in [-0.39, 0.29) is 42.7 Å². The second kappa shape index (κ2) is 11.5. The van der Waals surface area contributed by atoms with E-state index in [0.717, 1.165) is 26.3 Å². The van der Waals surface area contributed by atoms with Gasteiger partial charge in [0.15, 0.2) is 0 Å². The number of hydrogen-bond donors (Lipinski definition) is 2. The van der Waals surface area contributed by atoms with E-state index < -0.39 is 0 Å². The summed E-state index contributed by atoms with van der Waals surface area (Å²) in [7, 11) is 0. The van der Waals surface area contributed by atoms with Crippen molar-refractivity contribution in [3.05, 3.63) is 0 Å². The maximum absolute atomic E-state index is 12.0. The van der Waals surface area contributed by atoms with E-state index in [1.54, 1.807) is 0 Å². The molecule has 0 spiro atoms. The average Bonchev–Trinajstić information content (AvgIpc) is 2.38. The lowest BCUT2D eigenvalue weighted by Gasteiger charge is -2.37. The van der Waals surface area contributed by atoms with Gasteiger partial charge in [-0.3, -0.25) is 9.69 Å². The molecule has 1 aliphatic heterocycles. The Hall–Kier alpha value is -0.0700. The number of nitrogens with two attached hydrogens (primary N) is 1. The predicted octanol–water partition coefficient (Wildman–Crippen LogP) is 1.29. The highest BCUT2D eigenvalue weighted by atomic mass is 35.5. The monoisotopic (exact) mass is 343 g/mol. The highest BCUT2D eigenvalue weighted by molar-refractivity contribution is 5.85. The number of carbonyl (C=O) groups excluding carboxylic acids is 1. The van der Waals surface area contributed by atoms with Crippen molar-refractivity contribution in [3.63, 3.8) is 0 Å². The fourth-order valence-corrected chi connectivity index (χ4v) is 2.30. The summed E-state index contributed by atoms with van der Waals surface area (Å²) in [6.45, 7) is 12.3. The quantitative estimate of drug-likeness (QED) is 0.762. The van der Waals surface area contributed by atoms with E-state index in [1.807, 2.05) is 13.8 Å². The van der Waals surface area contributed by atoms with Crippen LogP contribution >= 0.6 is 24.8 Å². The summed E-state index contributed by atoms with van der Waals surface area (Å²) in [5, 5.41) is 3.04. The Morgan fingerprint density at radius 3 is 2.14 bits per heavy atom. The Labute approximate surface area is 141 Å². The van der Waals surface area contributed by atoms with Gasteiger partial charge >= 0.3 is 0 Å². The van der Waals surface area contributed by atoms with Gasteiger partial charge in [0, 0.05) is 37.6 Å². The zero-order valence-corrected chi connectivity index (χ0v) is 15.1. The molecular weight excluding hydrogens is 313 g/mol. The molecule has 1 saturated heterocycles. The van der Waals surface area contributed by atoms with E-state index >= 15 is 0 Å². The second-order valence-electron chi connectivity index (χ2n) is 5.85. The minimum absolute atomic E-state index is 0. The number of morpholine rings is 1. The molecule has 1 amide bonds. The molecule has 1 heterocycles. The van der Waals surface area contributed by atoms with Gasteiger partial charge in [-0.05, 0) is 12.8 Å². The van der Waals surface area contributed by atoms with Gasteiger partial charge in [-0.15, -0.1) is 24.8 Å². The molecule has 1 aliphatic rings. The minimum Gasteiger partial charge on any atom is -0.379 e. The standard InChI is InChI=1S/C14H29N3O2.2ClH/c1-10(2)13(17-5-7-19-8-6-17)9-16-14(18)11(3)12(4)15;;/h10-13H,5-9,15H2,1-4H3,(H,16,18);2*1H. The molecule has 21 heavy (non-hydrogen) atoms. The van der Waals surface area contributed by atoms with E-state index in [1.165, 1.54) is 0 Å². The first-order chi connectivity index (χ1) is 8.93. The first-order valence-corrected chi connectivity index (χ1v) is 7.28. The van der Waals surface area contributed by atoms with Gasteiger partial charge in [0.05, 0.1) is 13.2 Å². The van der Waals surface area contributed by atoms with Crippen LogP contribution in [0, 0.1) is 11.8 Å². The van der Waals surface area contributed by atoms with Gasteiger partial charge < -0.3 is 15.8 Å². The van der Waals surface area contributed by atoms with Crippen molar-refractivity contribution in [2.75, 3.05) is 32.8 Å². The molecule has 1 fully saturated rings. The van der Waals surface area contributed by atoms with E-state index in [9.17, 15) is 4.79 Å². The van der Waals surface area contributed by atoms with Gasteiger partial charge in [0.1, 0.15) is 0 Å². The molecule has 0 aromatic heterocycles. The van der Waals surface area contributed by atoms with Crippen molar-refractivity contribution in [1.29, 1.82) is 0 Å². The largest absolute Gasteiger partial charge is 0.379 e. The number of amides is 1. The Kier molecular flexibility index (Phi) is 12.7. The van der Waals surface area contributed by atoms with Crippen molar-refractivity contribution in [2.24, 2.45) is 17.6 Å². The molecule has 3 unspecified atom stereocenters. The van der Waals surface area contributed by atoms with Gasteiger partial charge in [0.25, 0.3) is 0 Å². The maximum Gasteiger partial charge on any atom is 0.224 e. The van der Waals surface area contributed by atoms with Crippen molar-refractivity contribution >= 4 is 30.7 Å². The van der Waals surface area contributed by atoms with E-state index in [4.69, 9.17) is 10.5 Å². The van der Waals surface area contributed by atoms with Crippen LogP contribution in [0.1, 0.15) is 27.7 Å². The SMILES string of the molecule is CC(C)C(CNC(=O)C(C)C(C)N)N1CCOCC1.Cl.Cl. The second-order valence-corrected chi connectivity index (χ2v) is 5.85. The summed E-state index contributed by atoms with van der Waals surface area (Å²) >= 11 is 0. The summed E-state index contributed by atoms with van der Waals surface area (Å²) in [6.07, 6.45) is 0. The molecule has 5 nitrogen and oxygen atoms in total. The Morgan fingerprint density at radius 1 is 1.19 bits per heavy atom. The van der Waals surface area contributed by atoms with E-state index in [2.05, 4.69) is 24.1 Å². The first-order valence-electron chi connectivity index (χ1n) is 7.28. The number of halogens is 2. The molecule has 3 N–H and O–H groups in total. The number of carbonyl (C=O) groups is 1. The molecule has 3 atom stereocenters. The maximum atomic E-state index is 12.0. The number of hydrogen-bond acceptors (Lipinski definition) is 4. The molecule has 1 rings (SSSR count). The fourth-order valence-electron chi connectivity index (χ4n) is 2.30. The summed E-state index contributed by atoms with van der Waals surface area (Å²) in [5.41, 5.74) is 5.76. The molecular formula is C14H31Cl2N3O2. The van der Waals surface area contributed by atoms with Gasteiger partial charge in [-0.1, -0.05) is 20.8 Å². The van der Waals surface area contributed by atoms with Gasteiger partial charge in [0.2, 0.25) is 5.91 Å². The molecule has 0 aliphatic carbocycles. The third-order valence-corrected chi connectivity index (χ3v) is 3.97. The van der Waals surface area contributed by atoms with Crippen LogP contribution in [-0.4, -0.2) is 55.7 Å². The van der Waals surface area contributed by atoms with Crippen LogP contribution in [0.25, 0.3) is 0 Å². The topological polar surface area (TPSA) is 67.6 Å². The fraction of sp³-hybridized carbons (Fsp3) is 0.929. The number of rotatable bonds is 6. The first kappa shape index (κ1) is 23.2. The lowest BCUT2D eigenvalue weighted by atomic mass is 10.0. The number of nitrogens with one attached hydrogen (secondary N) is 1. The molecule has 7 heteroatoms. The van der Waals surface area contributed by atoms with Crippen LogP contribution in [0.5, 0.6) is 0 Å². The Morgan fingerprint density at radius 2 is 1.71 bits per heavy atom. The molecule has 0 aromatic carbocycles. The van der Waals surface area contributed by atoms with Crippen LogP contribution in [0.15, 0.2) is 0 Å². The van der Waals surface area contributed by atoms with Gasteiger partial charge in [-0.25, -0.2) is 0 Å². The normalized spacial score (nSPS) is 19.9. The van der Waals surface area contributed by atoms with Gasteiger partial charge in [-0.2, -0.15) is 0 Å². The molecule has 128 valence electrons. The summed E-state index contributed by atoms with van der Waals surface area (Å²) in [5.74, 6) is 0.412. The molecule has 0 aromatic rings. The summed E-state index contributed by atoms with van der Waals surface area (Å²) in [6, 6.07) is 0.258. The third kappa shape index (κ3) is 7.66. The van der Waals surface area contributed by atoms with E-state index in [0.29, 0.717) is 18.5 Å². The van der Waals surface area contributed by atoms with Crippen LogP contribution < -0.4 is 11.1 Å². The Balaban J connectivity index is 0.